The van der Waals surface area contributed by atoms with E-state index in [1.165, 1.54) is 55.6 Å². The van der Waals surface area contributed by atoms with Gasteiger partial charge in [0.25, 0.3) is 0 Å². The quantitative estimate of drug-likeness (QED) is 0.210. The largest absolute Gasteiger partial charge is 0.0622 e. The van der Waals surface area contributed by atoms with E-state index in [0.29, 0.717) is 0 Å². The van der Waals surface area contributed by atoms with Crippen molar-refractivity contribution in [3.05, 3.63) is 183 Å². The monoisotopic (exact) mass is 476 g/mol. The normalized spacial score (nSPS) is 12.3. The van der Waals surface area contributed by atoms with Crippen LogP contribution in [0.1, 0.15) is 50.1 Å². The molecule has 0 atom stereocenters. The number of allylic oxidation sites excluding steroid dienone is 1. The Labute approximate surface area is 221 Å². The van der Waals surface area contributed by atoms with E-state index in [2.05, 4.69) is 133 Å². The van der Waals surface area contributed by atoms with Crippen LogP contribution in [-0.2, 0) is 32.1 Å². The van der Waals surface area contributed by atoms with Crippen LogP contribution in [0.25, 0.3) is 6.08 Å². The Bertz CT molecular complexity index is 1540. The zero-order chi connectivity index (χ0) is 24.9. The maximum Gasteiger partial charge on any atom is -0.00256 e. The SMILES string of the molecule is C1=C(Cc2cccc(Cc3cccc(Cc4cccc(Cc5ccccc5)c4)c3)c2)Cc2ccccc21. The van der Waals surface area contributed by atoms with Crippen LogP contribution < -0.4 is 0 Å². The molecular formula is C37H32. The fourth-order valence-corrected chi connectivity index (χ4v) is 5.58. The molecule has 0 saturated carbocycles. The molecule has 0 amide bonds. The van der Waals surface area contributed by atoms with E-state index < -0.39 is 0 Å². The van der Waals surface area contributed by atoms with Gasteiger partial charge in [0.15, 0.2) is 0 Å². The van der Waals surface area contributed by atoms with Crippen LogP contribution in [0.3, 0.4) is 0 Å². The van der Waals surface area contributed by atoms with Gasteiger partial charge in [-0.2, -0.15) is 0 Å². The Morgan fingerprint density at radius 1 is 0.378 bits per heavy atom. The van der Waals surface area contributed by atoms with E-state index in [9.17, 15) is 0 Å². The summed E-state index contributed by atoms with van der Waals surface area (Å²) in [5, 5.41) is 0. The van der Waals surface area contributed by atoms with Crippen LogP contribution in [0.4, 0.5) is 0 Å². The highest BCUT2D eigenvalue weighted by Gasteiger charge is 2.12. The fraction of sp³-hybridized carbons (Fsp3) is 0.135. The maximum absolute atomic E-state index is 2.39. The van der Waals surface area contributed by atoms with Gasteiger partial charge in [-0.1, -0.05) is 139 Å². The van der Waals surface area contributed by atoms with Gasteiger partial charge < -0.3 is 0 Å². The lowest BCUT2D eigenvalue weighted by molar-refractivity contribution is 1.06. The zero-order valence-corrected chi connectivity index (χ0v) is 21.2. The predicted molar refractivity (Wildman–Crippen MR) is 156 cm³/mol. The summed E-state index contributed by atoms with van der Waals surface area (Å²) in [6.07, 6.45) is 7.39. The lowest BCUT2D eigenvalue weighted by atomic mass is 9.96. The average molecular weight is 477 g/mol. The maximum atomic E-state index is 2.39. The second kappa shape index (κ2) is 10.8. The molecule has 5 aromatic rings. The van der Waals surface area contributed by atoms with Crippen LogP contribution in [0.5, 0.6) is 0 Å². The van der Waals surface area contributed by atoms with Gasteiger partial charge in [0, 0.05) is 0 Å². The van der Waals surface area contributed by atoms with Crippen molar-refractivity contribution in [1.29, 1.82) is 0 Å². The molecule has 180 valence electrons. The minimum Gasteiger partial charge on any atom is -0.0622 e. The summed E-state index contributed by atoms with van der Waals surface area (Å²) >= 11 is 0. The molecule has 0 spiro atoms. The first-order valence-electron chi connectivity index (χ1n) is 13.3. The van der Waals surface area contributed by atoms with E-state index in [4.69, 9.17) is 0 Å². The van der Waals surface area contributed by atoms with Crippen LogP contribution in [0.2, 0.25) is 0 Å². The minimum atomic E-state index is 0.964. The zero-order valence-electron chi connectivity index (χ0n) is 21.2. The summed E-state index contributed by atoms with van der Waals surface area (Å²) in [4.78, 5) is 0. The van der Waals surface area contributed by atoms with Crippen LogP contribution in [-0.4, -0.2) is 0 Å². The summed E-state index contributed by atoms with van der Waals surface area (Å²) < 4.78 is 0. The molecule has 0 saturated heterocycles. The third-order valence-electron chi connectivity index (χ3n) is 7.31. The third kappa shape index (κ3) is 5.98. The second-order valence-electron chi connectivity index (χ2n) is 10.3. The van der Waals surface area contributed by atoms with E-state index in [1.807, 2.05) is 0 Å². The van der Waals surface area contributed by atoms with Crippen molar-refractivity contribution in [2.75, 3.05) is 0 Å². The molecule has 0 nitrogen and oxygen atoms in total. The molecule has 0 fully saturated rings. The van der Waals surface area contributed by atoms with E-state index in [1.54, 1.807) is 0 Å². The van der Waals surface area contributed by atoms with Crippen molar-refractivity contribution in [1.82, 2.24) is 0 Å². The molecule has 0 heteroatoms. The highest BCUT2D eigenvalue weighted by atomic mass is 14.2. The smallest absolute Gasteiger partial charge is 0.00256 e. The number of benzene rings is 5. The minimum absolute atomic E-state index is 0.964. The van der Waals surface area contributed by atoms with Gasteiger partial charge in [-0.15, -0.1) is 0 Å². The van der Waals surface area contributed by atoms with Gasteiger partial charge in [-0.05, 0) is 82.2 Å². The van der Waals surface area contributed by atoms with Crippen molar-refractivity contribution >= 4 is 6.08 Å². The topological polar surface area (TPSA) is 0 Å². The van der Waals surface area contributed by atoms with Crippen molar-refractivity contribution < 1.29 is 0 Å². The summed E-state index contributed by atoms with van der Waals surface area (Å²) in [5.74, 6) is 0. The molecule has 0 aromatic heterocycles. The Morgan fingerprint density at radius 3 is 1.35 bits per heavy atom. The molecule has 1 aliphatic carbocycles. The van der Waals surface area contributed by atoms with Crippen molar-refractivity contribution in [2.24, 2.45) is 0 Å². The molecular weight excluding hydrogens is 444 g/mol. The molecule has 0 heterocycles. The fourth-order valence-electron chi connectivity index (χ4n) is 5.58. The molecule has 37 heavy (non-hydrogen) atoms. The van der Waals surface area contributed by atoms with E-state index in [-0.39, 0.29) is 0 Å². The predicted octanol–water partition coefficient (Wildman–Crippen LogP) is 8.64. The molecule has 0 unspecified atom stereocenters. The number of rotatable bonds is 8. The van der Waals surface area contributed by atoms with Crippen molar-refractivity contribution in [2.45, 2.75) is 32.1 Å². The highest BCUT2D eigenvalue weighted by Crippen LogP contribution is 2.27. The molecule has 0 bridgehead atoms. The lowest BCUT2D eigenvalue weighted by Gasteiger charge is -2.09. The van der Waals surface area contributed by atoms with Crippen LogP contribution in [0.15, 0.2) is 133 Å². The second-order valence-corrected chi connectivity index (χ2v) is 10.3. The van der Waals surface area contributed by atoms with Gasteiger partial charge in [-0.25, -0.2) is 0 Å². The Balaban J connectivity index is 1.12. The first-order chi connectivity index (χ1) is 18.3. The van der Waals surface area contributed by atoms with Crippen molar-refractivity contribution in [3.8, 4) is 0 Å². The molecule has 0 aliphatic heterocycles. The number of fused-ring (bicyclic) bond motifs is 1. The van der Waals surface area contributed by atoms with Gasteiger partial charge >= 0.3 is 0 Å². The van der Waals surface area contributed by atoms with Gasteiger partial charge in [0.1, 0.15) is 0 Å². The Morgan fingerprint density at radius 2 is 0.811 bits per heavy atom. The lowest BCUT2D eigenvalue weighted by Crippen LogP contribution is -1.96. The first-order valence-corrected chi connectivity index (χ1v) is 13.3. The summed E-state index contributed by atoms with van der Waals surface area (Å²) in [6, 6.07) is 46.8. The van der Waals surface area contributed by atoms with Crippen LogP contribution in [0, 0.1) is 0 Å². The summed E-state index contributed by atoms with van der Waals surface area (Å²) in [5.41, 5.74) is 14.0. The standard InChI is InChI=1S/C37H32/c1-2-9-28(10-3-1)19-29-11-6-12-30(20-29)21-31-13-7-14-32(22-31)23-33-15-8-16-34(24-33)25-35-26-36-17-4-5-18-37(36)27-35/h1-18,20,22,24,26H,19,21,23,25,27H2. The highest BCUT2D eigenvalue weighted by molar-refractivity contribution is 5.64. The average Bonchev–Trinajstić information content (AvgIpc) is 3.32. The molecule has 6 rings (SSSR count). The van der Waals surface area contributed by atoms with Gasteiger partial charge in [0.05, 0.1) is 0 Å². The van der Waals surface area contributed by atoms with E-state index in [0.717, 1.165) is 32.1 Å². The van der Waals surface area contributed by atoms with Crippen molar-refractivity contribution in [3.63, 3.8) is 0 Å². The molecule has 0 N–H and O–H groups in total. The molecule has 0 radical (unpaired) electrons. The summed E-state index contributed by atoms with van der Waals surface area (Å²) in [7, 11) is 0. The molecule has 5 aromatic carbocycles. The van der Waals surface area contributed by atoms with Gasteiger partial charge in [0.2, 0.25) is 0 Å². The number of hydrogen-bond donors (Lipinski definition) is 0. The first kappa shape index (κ1) is 23.3. The molecule has 1 aliphatic rings. The summed E-state index contributed by atoms with van der Waals surface area (Å²) in [6.45, 7) is 0. The third-order valence-corrected chi connectivity index (χ3v) is 7.31. The van der Waals surface area contributed by atoms with Gasteiger partial charge in [-0.3, -0.25) is 0 Å². The Hall–Kier alpha value is -4.16. The Kier molecular flexibility index (Phi) is 6.82. The van der Waals surface area contributed by atoms with E-state index >= 15 is 0 Å². The van der Waals surface area contributed by atoms with Crippen LogP contribution >= 0.6 is 0 Å². The number of hydrogen-bond acceptors (Lipinski definition) is 0.